The Labute approximate surface area is 240 Å². The van der Waals surface area contributed by atoms with Crippen molar-refractivity contribution >= 4 is 23.5 Å². The summed E-state index contributed by atoms with van der Waals surface area (Å²) in [7, 11) is 0. The standard InChI is InChI=1S/C33H27F3N2O4/c1-19(2)29(32(41)42)38-18-24-9-8-22(16-27(24)31(38)40)26-15-12-23(17-28(26)33(34,35)36)30(39)37-25-13-10-21(11-14-25)20-6-4-3-5-7-20/h3-17,19,29H,18H2,1-2H3,(H,37,39)(H,41,42)/t29-/m0/s1. The summed E-state index contributed by atoms with van der Waals surface area (Å²) in [6, 6.07) is 23.2. The van der Waals surface area contributed by atoms with Crippen molar-refractivity contribution in [3.63, 3.8) is 0 Å². The van der Waals surface area contributed by atoms with Crippen LogP contribution < -0.4 is 5.32 Å². The van der Waals surface area contributed by atoms with E-state index >= 15 is 0 Å². The molecule has 0 spiro atoms. The number of carbonyl (C=O) groups excluding carboxylic acids is 2. The smallest absolute Gasteiger partial charge is 0.417 e. The molecular formula is C33H27F3N2O4. The van der Waals surface area contributed by atoms with Crippen LogP contribution in [0.4, 0.5) is 18.9 Å². The molecule has 0 aromatic heterocycles. The SMILES string of the molecule is CC(C)[C@@H](C(=O)O)N1Cc2ccc(-c3ccc(C(=O)Nc4ccc(-c5ccccc5)cc4)cc3C(F)(F)F)cc2C1=O. The molecule has 1 aliphatic heterocycles. The molecule has 0 radical (unpaired) electrons. The van der Waals surface area contributed by atoms with Crippen LogP contribution >= 0.6 is 0 Å². The van der Waals surface area contributed by atoms with Gasteiger partial charge in [0.15, 0.2) is 0 Å². The number of carbonyl (C=O) groups is 3. The van der Waals surface area contributed by atoms with E-state index in [0.717, 1.165) is 17.2 Å². The van der Waals surface area contributed by atoms with Crippen molar-refractivity contribution in [2.45, 2.75) is 32.6 Å². The number of benzene rings is 4. The quantitative estimate of drug-likeness (QED) is 0.242. The molecule has 6 nitrogen and oxygen atoms in total. The lowest BCUT2D eigenvalue weighted by molar-refractivity contribution is -0.144. The second kappa shape index (κ2) is 11.2. The molecule has 0 saturated carbocycles. The van der Waals surface area contributed by atoms with Crippen LogP contribution in [0.25, 0.3) is 22.3 Å². The first-order valence-electron chi connectivity index (χ1n) is 13.3. The van der Waals surface area contributed by atoms with Gasteiger partial charge in [0.1, 0.15) is 6.04 Å². The number of aliphatic carboxylic acids is 1. The fourth-order valence-corrected chi connectivity index (χ4v) is 5.25. The van der Waals surface area contributed by atoms with Crippen molar-refractivity contribution in [3.05, 3.63) is 113 Å². The van der Waals surface area contributed by atoms with Crippen molar-refractivity contribution in [2.75, 3.05) is 5.32 Å². The molecule has 0 aliphatic carbocycles. The van der Waals surface area contributed by atoms with Crippen LogP contribution in [0.15, 0.2) is 91.0 Å². The van der Waals surface area contributed by atoms with E-state index in [-0.39, 0.29) is 34.7 Å². The fourth-order valence-electron chi connectivity index (χ4n) is 5.25. The van der Waals surface area contributed by atoms with Crippen molar-refractivity contribution in [1.82, 2.24) is 4.90 Å². The number of fused-ring (bicyclic) bond motifs is 1. The van der Waals surface area contributed by atoms with E-state index in [1.54, 1.807) is 32.0 Å². The summed E-state index contributed by atoms with van der Waals surface area (Å²) in [4.78, 5) is 39.1. The Morgan fingerprint density at radius 2 is 1.48 bits per heavy atom. The highest BCUT2D eigenvalue weighted by molar-refractivity contribution is 6.05. The molecule has 42 heavy (non-hydrogen) atoms. The van der Waals surface area contributed by atoms with Gasteiger partial charge in [-0.1, -0.05) is 74.5 Å². The third-order valence-electron chi connectivity index (χ3n) is 7.31. The van der Waals surface area contributed by atoms with E-state index in [2.05, 4.69) is 5.32 Å². The minimum absolute atomic E-state index is 0.0567. The molecule has 4 aromatic rings. The van der Waals surface area contributed by atoms with Crippen LogP contribution in [0.2, 0.25) is 0 Å². The molecule has 2 N–H and O–H groups in total. The number of hydrogen-bond acceptors (Lipinski definition) is 3. The molecule has 4 aromatic carbocycles. The van der Waals surface area contributed by atoms with Gasteiger partial charge in [0.25, 0.3) is 11.8 Å². The van der Waals surface area contributed by atoms with E-state index in [9.17, 15) is 32.7 Å². The topological polar surface area (TPSA) is 86.7 Å². The molecule has 0 saturated heterocycles. The minimum Gasteiger partial charge on any atom is -0.480 e. The molecule has 0 unspecified atom stereocenters. The first kappa shape index (κ1) is 28.6. The van der Waals surface area contributed by atoms with Crippen LogP contribution in [-0.4, -0.2) is 33.8 Å². The van der Waals surface area contributed by atoms with Crippen molar-refractivity contribution in [2.24, 2.45) is 5.92 Å². The Morgan fingerprint density at radius 1 is 0.833 bits per heavy atom. The first-order valence-corrected chi connectivity index (χ1v) is 13.3. The molecule has 0 bridgehead atoms. The van der Waals surface area contributed by atoms with Crippen molar-refractivity contribution < 1.29 is 32.7 Å². The Bertz CT molecular complexity index is 1670. The van der Waals surface area contributed by atoms with Gasteiger partial charge in [0, 0.05) is 23.4 Å². The van der Waals surface area contributed by atoms with Gasteiger partial charge in [-0.3, -0.25) is 9.59 Å². The third kappa shape index (κ3) is 5.63. The van der Waals surface area contributed by atoms with Crippen LogP contribution in [0.1, 0.15) is 45.7 Å². The van der Waals surface area contributed by atoms with Gasteiger partial charge >= 0.3 is 12.1 Å². The minimum atomic E-state index is -4.79. The lowest BCUT2D eigenvalue weighted by Crippen LogP contribution is -2.44. The van der Waals surface area contributed by atoms with Gasteiger partial charge in [-0.2, -0.15) is 13.2 Å². The number of nitrogens with zero attached hydrogens (tertiary/aromatic N) is 1. The van der Waals surface area contributed by atoms with Crippen LogP contribution in [-0.2, 0) is 17.5 Å². The predicted molar refractivity (Wildman–Crippen MR) is 153 cm³/mol. The summed E-state index contributed by atoms with van der Waals surface area (Å²) in [6.45, 7) is 3.43. The maximum absolute atomic E-state index is 14.2. The largest absolute Gasteiger partial charge is 0.480 e. The number of amides is 2. The molecular weight excluding hydrogens is 545 g/mol. The Kier molecular flexibility index (Phi) is 7.60. The lowest BCUT2D eigenvalue weighted by Gasteiger charge is -2.27. The normalized spacial score (nSPS) is 13.7. The van der Waals surface area contributed by atoms with Gasteiger partial charge in [-0.05, 0) is 64.1 Å². The number of hydrogen-bond donors (Lipinski definition) is 2. The van der Waals surface area contributed by atoms with Gasteiger partial charge in [-0.25, -0.2) is 4.79 Å². The van der Waals surface area contributed by atoms with Crippen molar-refractivity contribution in [1.29, 1.82) is 0 Å². The van der Waals surface area contributed by atoms with Gasteiger partial charge in [0.2, 0.25) is 0 Å². The van der Waals surface area contributed by atoms with E-state index in [0.29, 0.717) is 11.3 Å². The predicted octanol–water partition coefficient (Wildman–Crippen LogP) is 7.36. The zero-order valence-electron chi connectivity index (χ0n) is 22.8. The van der Waals surface area contributed by atoms with Gasteiger partial charge < -0.3 is 15.3 Å². The molecule has 1 aliphatic rings. The number of nitrogens with one attached hydrogen (secondary N) is 1. The molecule has 5 rings (SSSR count). The van der Waals surface area contributed by atoms with Crippen LogP contribution in [0, 0.1) is 5.92 Å². The maximum atomic E-state index is 14.2. The summed E-state index contributed by atoms with van der Waals surface area (Å²) >= 11 is 0. The summed E-state index contributed by atoms with van der Waals surface area (Å²) < 4.78 is 42.7. The molecule has 2 amide bonds. The number of carboxylic acid groups (broad SMARTS) is 1. The Hall–Kier alpha value is -4.92. The average Bonchev–Trinajstić information content (AvgIpc) is 3.27. The monoisotopic (exact) mass is 572 g/mol. The first-order chi connectivity index (χ1) is 19.9. The molecule has 0 fully saturated rings. The maximum Gasteiger partial charge on any atom is 0.417 e. The van der Waals surface area contributed by atoms with E-state index in [1.165, 1.54) is 29.2 Å². The molecule has 1 heterocycles. The van der Waals surface area contributed by atoms with E-state index < -0.39 is 35.6 Å². The van der Waals surface area contributed by atoms with Gasteiger partial charge in [0.05, 0.1) is 5.56 Å². The zero-order valence-corrected chi connectivity index (χ0v) is 22.8. The molecule has 1 atom stereocenters. The average molecular weight is 573 g/mol. The zero-order chi connectivity index (χ0) is 30.2. The fraction of sp³-hybridized carbons (Fsp3) is 0.182. The second-order valence-corrected chi connectivity index (χ2v) is 10.5. The van der Waals surface area contributed by atoms with E-state index in [4.69, 9.17) is 0 Å². The number of rotatable bonds is 7. The number of alkyl halides is 3. The van der Waals surface area contributed by atoms with Crippen molar-refractivity contribution in [3.8, 4) is 22.3 Å². The highest BCUT2D eigenvalue weighted by Crippen LogP contribution is 2.39. The van der Waals surface area contributed by atoms with Crippen LogP contribution in [0.5, 0.6) is 0 Å². The number of anilines is 1. The summed E-state index contributed by atoms with van der Waals surface area (Å²) in [5.74, 6) is -2.76. The van der Waals surface area contributed by atoms with Crippen LogP contribution in [0.3, 0.4) is 0 Å². The summed E-state index contributed by atoms with van der Waals surface area (Å²) in [5, 5.41) is 12.3. The second-order valence-electron chi connectivity index (χ2n) is 10.5. The molecule has 214 valence electrons. The highest BCUT2D eigenvalue weighted by Gasteiger charge is 2.39. The van der Waals surface area contributed by atoms with E-state index in [1.807, 2.05) is 42.5 Å². The number of carboxylic acids is 1. The number of halogens is 3. The summed E-state index contributed by atoms with van der Waals surface area (Å²) in [6.07, 6.45) is -4.79. The highest BCUT2D eigenvalue weighted by atomic mass is 19.4. The third-order valence-corrected chi connectivity index (χ3v) is 7.31. The van der Waals surface area contributed by atoms with Gasteiger partial charge in [-0.15, -0.1) is 0 Å². The lowest BCUT2D eigenvalue weighted by atomic mass is 9.94. The summed E-state index contributed by atoms with van der Waals surface area (Å²) in [5.41, 5.74) is 1.78. The molecule has 9 heteroatoms. The Balaban J connectivity index is 1.41. The Morgan fingerprint density at radius 3 is 2.10 bits per heavy atom.